The van der Waals surface area contributed by atoms with Crippen molar-refractivity contribution < 1.29 is 9.53 Å². The smallest absolute Gasteiger partial charge is 0.311 e. The Hall–Kier alpha value is -4.05. The van der Waals surface area contributed by atoms with Crippen molar-refractivity contribution >= 4 is 39.5 Å². The van der Waals surface area contributed by atoms with Crippen LogP contribution in [0.4, 0.5) is 11.4 Å². The van der Waals surface area contributed by atoms with E-state index >= 15 is 0 Å². The lowest BCUT2D eigenvalue weighted by Gasteiger charge is -2.11. The second kappa shape index (κ2) is 11.9. The average molecular weight is 463 g/mol. The molecule has 0 fully saturated rings. The van der Waals surface area contributed by atoms with Gasteiger partial charge < -0.3 is 4.74 Å². The van der Waals surface area contributed by atoms with E-state index in [0.717, 1.165) is 51.8 Å². The van der Waals surface area contributed by atoms with Crippen LogP contribution in [-0.4, -0.2) is 24.0 Å². The molecule has 0 aliphatic rings. The minimum Gasteiger partial charge on any atom is -0.466 e. The third-order valence-corrected chi connectivity index (χ3v) is 5.70. The number of fused-ring (bicyclic) bond motifs is 1. The van der Waals surface area contributed by atoms with Crippen LogP contribution in [0.3, 0.4) is 0 Å². The van der Waals surface area contributed by atoms with Crippen molar-refractivity contribution in [3.8, 4) is 0 Å². The first kappa shape index (κ1) is 24.1. The molecule has 0 saturated heterocycles. The van der Waals surface area contributed by atoms with Crippen LogP contribution < -0.4 is 0 Å². The topological polar surface area (TPSA) is 51.0 Å². The summed E-state index contributed by atoms with van der Waals surface area (Å²) in [5.74, 6) is -0.285. The molecule has 0 amide bonds. The maximum Gasteiger partial charge on any atom is 0.311 e. The van der Waals surface area contributed by atoms with Crippen LogP contribution in [0, 0.1) is 0 Å². The fraction of sp³-hybridized carbons (Fsp3) is 0.194. The molecule has 0 heterocycles. The van der Waals surface area contributed by atoms with Crippen molar-refractivity contribution in [2.24, 2.45) is 9.98 Å². The highest BCUT2D eigenvalue weighted by Gasteiger charge is 2.13. The molecule has 0 unspecified atom stereocenters. The lowest BCUT2D eigenvalue weighted by Crippen LogP contribution is -2.12. The van der Waals surface area contributed by atoms with E-state index in [1.807, 2.05) is 79.7 Å². The van der Waals surface area contributed by atoms with Crippen molar-refractivity contribution in [1.82, 2.24) is 0 Å². The van der Waals surface area contributed by atoms with Gasteiger partial charge in [0.25, 0.3) is 0 Å². The largest absolute Gasteiger partial charge is 0.466 e. The molecule has 0 bridgehead atoms. The van der Waals surface area contributed by atoms with E-state index in [9.17, 15) is 4.79 Å². The molecule has 4 aromatic rings. The molecule has 4 rings (SSSR count). The van der Waals surface area contributed by atoms with Crippen LogP contribution in [0.15, 0.2) is 107 Å². The average Bonchev–Trinajstić information content (AvgIpc) is 2.89. The molecule has 4 aromatic carbocycles. The van der Waals surface area contributed by atoms with E-state index in [0.29, 0.717) is 12.3 Å². The van der Waals surface area contributed by atoms with Gasteiger partial charge in [-0.25, -0.2) is 0 Å². The molecule has 35 heavy (non-hydrogen) atoms. The predicted molar refractivity (Wildman–Crippen MR) is 145 cm³/mol. The summed E-state index contributed by atoms with van der Waals surface area (Å²) >= 11 is 0. The van der Waals surface area contributed by atoms with Crippen molar-refractivity contribution in [3.05, 3.63) is 108 Å². The van der Waals surface area contributed by atoms with Gasteiger partial charge in [0.05, 0.1) is 30.1 Å². The molecular weight excluding hydrogens is 432 g/mol. The fourth-order valence-corrected chi connectivity index (χ4v) is 4.08. The Morgan fingerprint density at radius 1 is 0.657 bits per heavy atom. The Labute approximate surface area is 207 Å². The van der Waals surface area contributed by atoms with Crippen LogP contribution >= 0.6 is 0 Å². The zero-order chi connectivity index (χ0) is 24.5. The molecule has 0 radical (unpaired) electrons. The highest BCUT2D eigenvalue weighted by Crippen LogP contribution is 2.34. The molecular formula is C31H30N2O2. The summed E-state index contributed by atoms with van der Waals surface area (Å²) in [5.41, 5.74) is 5.52. The van der Waals surface area contributed by atoms with Crippen LogP contribution in [0.5, 0.6) is 0 Å². The van der Waals surface area contributed by atoms with Gasteiger partial charge in [0.15, 0.2) is 0 Å². The molecule has 0 spiro atoms. The molecule has 0 aliphatic carbocycles. The Morgan fingerprint density at radius 3 is 1.69 bits per heavy atom. The van der Waals surface area contributed by atoms with Gasteiger partial charge in [0, 0.05) is 16.5 Å². The summed E-state index contributed by atoms with van der Waals surface area (Å²) in [6.07, 6.45) is 2.03. The number of aliphatic imine (C=N–C) groups is 2. The normalized spacial score (nSPS) is 12.1. The van der Waals surface area contributed by atoms with E-state index in [2.05, 4.69) is 31.2 Å². The number of carbonyl (C=O) groups excluding carboxylic acids is 1. The number of ether oxygens (including phenoxy) is 1. The molecule has 176 valence electrons. The first-order valence-electron chi connectivity index (χ1n) is 12.1. The molecule has 4 heteroatoms. The molecule has 4 nitrogen and oxygen atoms in total. The summed E-state index contributed by atoms with van der Waals surface area (Å²) in [6.45, 7) is 4.33. The highest BCUT2D eigenvalue weighted by atomic mass is 16.5. The third-order valence-electron chi connectivity index (χ3n) is 5.70. The number of carbonyl (C=O) groups is 1. The Morgan fingerprint density at radius 2 is 1.17 bits per heavy atom. The summed E-state index contributed by atoms with van der Waals surface area (Å²) in [4.78, 5) is 22.4. The first-order valence-corrected chi connectivity index (χ1v) is 12.1. The predicted octanol–water partition coefficient (Wildman–Crippen LogP) is 7.83. The number of rotatable bonds is 9. The number of benzene rings is 4. The Bertz CT molecular complexity index is 1340. The van der Waals surface area contributed by atoms with Gasteiger partial charge >= 0.3 is 5.97 Å². The van der Waals surface area contributed by atoms with Crippen LogP contribution in [-0.2, 0) is 9.53 Å². The van der Waals surface area contributed by atoms with Crippen LogP contribution in [0.25, 0.3) is 10.8 Å². The highest BCUT2D eigenvalue weighted by molar-refractivity contribution is 6.12. The van der Waals surface area contributed by atoms with E-state index in [-0.39, 0.29) is 12.4 Å². The maximum atomic E-state index is 12.3. The fourth-order valence-electron chi connectivity index (χ4n) is 4.08. The van der Waals surface area contributed by atoms with Crippen molar-refractivity contribution in [1.29, 1.82) is 0 Å². The van der Waals surface area contributed by atoms with Gasteiger partial charge in [-0.1, -0.05) is 98.3 Å². The van der Waals surface area contributed by atoms with E-state index in [1.165, 1.54) is 0 Å². The summed E-state index contributed by atoms with van der Waals surface area (Å²) in [5, 5.41) is 2.02. The van der Waals surface area contributed by atoms with Crippen molar-refractivity contribution in [2.45, 2.75) is 33.1 Å². The van der Waals surface area contributed by atoms with Crippen molar-refractivity contribution in [3.63, 3.8) is 0 Å². The SMILES string of the molecule is CCCC(=Nc1cccc2c(N=C(CC(=O)OCC)c3ccccc3)cccc12)c1ccccc1. The van der Waals surface area contributed by atoms with Gasteiger partial charge in [-0.3, -0.25) is 14.8 Å². The summed E-state index contributed by atoms with van der Waals surface area (Å²) in [7, 11) is 0. The lowest BCUT2D eigenvalue weighted by atomic mass is 10.0. The van der Waals surface area contributed by atoms with Gasteiger partial charge in [0.1, 0.15) is 0 Å². The molecule has 0 atom stereocenters. The van der Waals surface area contributed by atoms with E-state index in [1.54, 1.807) is 0 Å². The molecule has 0 aliphatic heterocycles. The second-order valence-corrected chi connectivity index (χ2v) is 8.23. The van der Waals surface area contributed by atoms with Crippen molar-refractivity contribution in [2.75, 3.05) is 6.61 Å². The van der Waals surface area contributed by atoms with Crippen LogP contribution in [0.1, 0.15) is 44.2 Å². The van der Waals surface area contributed by atoms with Crippen LogP contribution in [0.2, 0.25) is 0 Å². The third kappa shape index (κ3) is 6.10. The molecule has 0 N–H and O–H groups in total. The first-order chi connectivity index (χ1) is 17.2. The second-order valence-electron chi connectivity index (χ2n) is 8.23. The molecule has 0 aromatic heterocycles. The lowest BCUT2D eigenvalue weighted by molar-refractivity contribution is -0.141. The summed E-state index contributed by atoms with van der Waals surface area (Å²) < 4.78 is 5.21. The quantitative estimate of drug-likeness (QED) is 0.188. The summed E-state index contributed by atoms with van der Waals surface area (Å²) in [6, 6.07) is 32.3. The van der Waals surface area contributed by atoms with E-state index < -0.39 is 0 Å². The standard InChI is InChI=1S/C31H30N2O2/c1-3-13-27(23-14-7-5-8-15-23)32-28-20-11-19-26-25(28)18-12-21-29(26)33-30(22-31(34)35-4-2)24-16-9-6-10-17-24/h5-12,14-21H,3-4,13,22H2,1-2H3. The maximum absolute atomic E-state index is 12.3. The van der Waals surface area contributed by atoms with E-state index in [4.69, 9.17) is 14.7 Å². The number of hydrogen-bond acceptors (Lipinski definition) is 4. The zero-order valence-corrected chi connectivity index (χ0v) is 20.3. The monoisotopic (exact) mass is 462 g/mol. The minimum atomic E-state index is -0.285. The van der Waals surface area contributed by atoms with Gasteiger partial charge in [0.2, 0.25) is 0 Å². The molecule has 0 saturated carbocycles. The van der Waals surface area contributed by atoms with Gasteiger partial charge in [-0.15, -0.1) is 0 Å². The number of esters is 1. The Balaban J connectivity index is 1.81. The number of hydrogen-bond donors (Lipinski definition) is 0. The Kier molecular flexibility index (Phi) is 8.18. The zero-order valence-electron chi connectivity index (χ0n) is 20.3. The van der Waals surface area contributed by atoms with Gasteiger partial charge in [-0.05, 0) is 36.6 Å². The minimum absolute atomic E-state index is 0.112. The number of nitrogens with zero attached hydrogens (tertiary/aromatic N) is 2. The van der Waals surface area contributed by atoms with Gasteiger partial charge in [-0.2, -0.15) is 0 Å².